The van der Waals surface area contributed by atoms with Crippen molar-refractivity contribution in [3.63, 3.8) is 0 Å². The van der Waals surface area contributed by atoms with Crippen molar-refractivity contribution in [2.45, 2.75) is 34.1 Å². The Morgan fingerprint density at radius 1 is 1.21 bits per heavy atom. The van der Waals surface area contributed by atoms with E-state index in [2.05, 4.69) is 0 Å². The van der Waals surface area contributed by atoms with E-state index in [-0.39, 0.29) is 12.3 Å². The van der Waals surface area contributed by atoms with Crippen LogP contribution in [0.3, 0.4) is 0 Å². The number of carbonyl (C=O) groups is 2. The minimum atomic E-state index is -0.979. The van der Waals surface area contributed by atoms with Crippen molar-refractivity contribution in [1.82, 2.24) is 0 Å². The molecule has 4 nitrogen and oxygen atoms in total. The van der Waals surface area contributed by atoms with Crippen LogP contribution in [0.4, 0.5) is 0 Å². The molecule has 0 aromatic rings. The molecule has 1 unspecified atom stereocenters. The monoisotopic (exact) mass is 202 g/mol. The molecule has 4 heteroatoms. The average molecular weight is 202 g/mol. The lowest BCUT2D eigenvalue weighted by molar-refractivity contribution is -0.151. The first-order valence-corrected chi connectivity index (χ1v) is 4.64. The second kappa shape index (κ2) is 4.44. The number of hydrogen-bond acceptors (Lipinski definition) is 2. The molecule has 0 fully saturated rings. The lowest BCUT2D eigenvalue weighted by atomic mass is 9.78. The van der Waals surface area contributed by atoms with Crippen molar-refractivity contribution >= 4 is 11.9 Å². The van der Waals surface area contributed by atoms with Crippen LogP contribution in [-0.4, -0.2) is 22.2 Å². The van der Waals surface area contributed by atoms with Gasteiger partial charge in [-0.3, -0.25) is 9.59 Å². The Morgan fingerprint density at radius 3 is 1.86 bits per heavy atom. The summed E-state index contributed by atoms with van der Waals surface area (Å²) < 4.78 is 0. The van der Waals surface area contributed by atoms with Crippen LogP contribution in [0.1, 0.15) is 34.1 Å². The Bertz CT molecular complexity index is 230. The molecule has 82 valence electrons. The Kier molecular flexibility index (Phi) is 4.10. The first-order chi connectivity index (χ1) is 6.18. The van der Waals surface area contributed by atoms with Crippen molar-refractivity contribution in [3.8, 4) is 0 Å². The predicted octanol–water partition coefficient (Wildman–Crippen LogP) is 1.84. The van der Waals surface area contributed by atoms with Gasteiger partial charge < -0.3 is 10.2 Å². The summed E-state index contributed by atoms with van der Waals surface area (Å²) in [5, 5.41) is 17.8. The van der Waals surface area contributed by atoms with Crippen molar-refractivity contribution in [2.75, 3.05) is 0 Å². The zero-order chi connectivity index (χ0) is 11.5. The first-order valence-electron chi connectivity index (χ1n) is 4.64. The lowest BCUT2D eigenvalue weighted by Crippen LogP contribution is -2.32. The number of aliphatic carboxylic acids is 2. The summed E-state index contributed by atoms with van der Waals surface area (Å²) in [6.45, 7) is 6.68. The van der Waals surface area contributed by atoms with E-state index in [9.17, 15) is 9.59 Å². The summed E-state index contributed by atoms with van der Waals surface area (Å²) in [6.07, 6.45) is 0.162. The highest BCUT2D eigenvalue weighted by Gasteiger charge is 2.34. The quantitative estimate of drug-likeness (QED) is 0.713. The van der Waals surface area contributed by atoms with Crippen LogP contribution in [-0.2, 0) is 9.59 Å². The molecule has 0 radical (unpaired) electrons. The molecule has 2 N–H and O–H groups in total. The van der Waals surface area contributed by atoms with Gasteiger partial charge in [0.2, 0.25) is 0 Å². The van der Waals surface area contributed by atoms with E-state index in [1.807, 2.05) is 0 Å². The summed E-state index contributed by atoms with van der Waals surface area (Å²) in [4.78, 5) is 21.7. The molecule has 0 aromatic carbocycles. The summed E-state index contributed by atoms with van der Waals surface area (Å²) in [7, 11) is 0. The summed E-state index contributed by atoms with van der Waals surface area (Å²) in [5.41, 5.74) is -0.979. The highest BCUT2D eigenvalue weighted by molar-refractivity contribution is 5.76. The summed E-state index contributed by atoms with van der Waals surface area (Å²) >= 11 is 0. The van der Waals surface area contributed by atoms with E-state index < -0.39 is 23.3 Å². The highest BCUT2D eigenvalue weighted by Crippen LogP contribution is 2.29. The molecule has 0 aliphatic carbocycles. The van der Waals surface area contributed by atoms with Gasteiger partial charge in [0.05, 0.1) is 11.3 Å². The Morgan fingerprint density at radius 2 is 1.64 bits per heavy atom. The molecule has 0 aliphatic rings. The van der Waals surface area contributed by atoms with Crippen LogP contribution in [0.5, 0.6) is 0 Å². The molecule has 14 heavy (non-hydrogen) atoms. The van der Waals surface area contributed by atoms with Crippen LogP contribution in [0.25, 0.3) is 0 Å². The van der Waals surface area contributed by atoms with Crippen LogP contribution in [0, 0.1) is 17.3 Å². The van der Waals surface area contributed by atoms with Gasteiger partial charge in [-0.25, -0.2) is 0 Å². The zero-order valence-electron chi connectivity index (χ0n) is 9.07. The first kappa shape index (κ1) is 12.9. The second-order valence-electron chi connectivity index (χ2n) is 4.58. The van der Waals surface area contributed by atoms with Crippen LogP contribution in [0.15, 0.2) is 0 Å². The van der Waals surface area contributed by atoms with Gasteiger partial charge in [0.15, 0.2) is 0 Å². The number of carboxylic acids is 2. The zero-order valence-corrected chi connectivity index (χ0v) is 9.07. The minimum Gasteiger partial charge on any atom is -0.481 e. The van der Waals surface area contributed by atoms with Crippen molar-refractivity contribution in [3.05, 3.63) is 0 Å². The molecule has 0 amide bonds. The molecule has 0 bridgehead atoms. The number of rotatable bonds is 5. The maximum Gasteiger partial charge on any atom is 0.309 e. The molecular formula is C10H18O4. The standard InChI is InChI=1S/C10H18O4/c1-6(2)7(8(11)12)5-10(3,4)9(13)14/h6-7H,5H2,1-4H3,(H,11,12)(H,13,14). The van der Waals surface area contributed by atoms with E-state index >= 15 is 0 Å². The van der Waals surface area contributed by atoms with Gasteiger partial charge in [0.1, 0.15) is 0 Å². The van der Waals surface area contributed by atoms with Gasteiger partial charge in [0, 0.05) is 0 Å². The summed E-state index contributed by atoms with van der Waals surface area (Å²) in [5.74, 6) is -2.52. The van der Waals surface area contributed by atoms with Gasteiger partial charge in [-0.1, -0.05) is 13.8 Å². The molecule has 0 heterocycles. The minimum absolute atomic E-state index is 0.0499. The second-order valence-corrected chi connectivity index (χ2v) is 4.58. The molecule has 0 aromatic heterocycles. The third-order valence-corrected chi connectivity index (χ3v) is 2.43. The third-order valence-electron chi connectivity index (χ3n) is 2.43. The van der Waals surface area contributed by atoms with Crippen LogP contribution in [0.2, 0.25) is 0 Å². The molecule has 0 aliphatic heterocycles. The maximum atomic E-state index is 10.8. The Balaban J connectivity index is 4.61. The highest BCUT2D eigenvalue weighted by atomic mass is 16.4. The van der Waals surface area contributed by atoms with Gasteiger partial charge in [-0.2, -0.15) is 0 Å². The molecule has 0 saturated heterocycles. The SMILES string of the molecule is CC(C)C(CC(C)(C)C(=O)O)C(=O)O. The van der Waals surface area contributed by atoms with Crippen molar-refractivity contribution in [1.29, 1.82) is 0 Å². The van der Waals surface area contributed by atoms with E-state index in [1.54, 1.807) is 27.7 Å². The average Bonchev–Trinajstić information content (AvgIpc) is 1.98. The molecular weight excluding hydrogens is 184 g/mol. The molecule has 0 rings (SSSR count). The van der Waals surface area contributed by atoms with Gasteiger partial charge in [-0.15, -0.1) is 0 Å². The van der Waals surface area contributed by atoms with E-state index in [4.69, 9.17) is 10.2 Å². The van der Waals surface area contributed by atoms with Crippen LogP contribution >= 0.6 is 0 Å². The van der Waals surface area contributed by atoms with E-state index in [0.717, 1.165) is 0 Å². The predicted molar refractivity (Wildman–Crippen MR) is 52.0 cm³/mol. The summed E-state index contributed by atoms with van der Waals surface area (Å²) in [6, 6.07) is 0. The van der Waals surface area contributed by atoms with Crippen molar-refractivity contribution in [2.24, 2.45) is 17.3 Å². The number of hydrogen-bond donors (Lipinski definition) is 2. The molecule has 0 spiro atoms. The van der Waals surface area contributed by atoms with Gasteiger partial charge in [-0.05, 0) is 26.2 Å². The molecule has 0 saturated carbocycles. The normalized spacial score (nSPS) is 14.1. The fraction of sp³-hybridized carbons (Fsp3) is 0.800. The lowest BCUT2D eigenvalue weighted by Gasteiger charge is -2.25. The molecule has 1 atom stereocenters. The van der Waals surface area contributed by atoms with Crippen molar-refractivity contribution < 1.29 is 19.8 Å². The fourth-order valence-corrected chi connectivity index (χ4v) is 1.25. The number of carboxylic acid groups (broad SMARTS) is 2. The Labute approximate surface area is 83.9 Å². The maximum absolute atomic E-state index is 10.8. The Hall–Kier alpha value is -1.06. The smallest absolute Gasteiger partial charge is 0.309 e. The van der Waals surface area contributed by atoms with E-state index in [1.165, 1.54) is 0 Å². The van der Waals surface area contributed by atoms with Crippen LogP contribution < -0.4 is 0 Å². The largest absolute Gasteiger partial charge is 0.481 e. The third kappa shape index (κ3) is 3.36. The topological polar surface area (TPSA) is 74.6 Å². The van der Waals surface area contributed by atoms with Gasteiger partial charge in [0.25, 0.3) is 0 Å². The van der Waals surface area contributed by atoms with Gasteiger partial charge >= 0.3 is 11.9 Å². The fourth-order valence-electron chi connectivity index (χ4n) is 1.25. The van der Waals surface area contributed by atoms with E-state index in [0.29, 0.717) is 0 Å².